The van der Waals surface area contributed by atoms with Gasteiger partial charge in [-0.2, -0.15) is 0 Å². The highest BCUT2D eigenvalue weighted by Gasteiger charge is 2.09. The quantitative estimate of drug-likeness (QED) is 0.806. The van der Waals surface area contributed by atoms with Crippen molar-refractivity contribution in [3.63, 3.8) is 0 Å². The Morgan fingerprint density at radius 2 is 2.06 bits per heavy atom. The monoisotopic (exact) mass is 231 g/mol. The lowest BCUT2D eigenvalue weighted by atomic mass is 10.3. The van der Waals surface area contributed by atoms with Crippen molar-refractivity contribution in [2.75, 3.05) is 27.4 Å². The molecule has 1 atom stereocenters. The lowest BCUT2D eigenvalue weighted by molar-refractivity contribution is 0.138. The molecular formula is C11H15F2NO2. The second-order valence-electron chi connectivity index (χ2n) is 3.33. The summed E-state index contributed by atoms with van der Waals surface area (Å²) in [5.41, 5.74) is 0. The van der Waals surface area contributed by atoms with Gasteiger partial charge in [0.25, 0.3) is 0 Å². The molecule has 0 aromatic heterocycles. The molecule has 1 aromatic rings. The van der Waals surface area contributed by atoms with Gasteiger partial charge in [-0.05, 0) is 19.2 Å². The maximum Gasteiger partial charge on any atom is 0.165 e. The molecule has 0 aliphatic rings. The summed E-state index contributed by atoms with van der Waals surface area (Å²) in [6, 6.07) is 3.05. The van der Waals surface area contributed by atoms with Crippen molar-refractivity contribution in [2.45, 2.75) is 6.04 Å². The maximum atomic E-state index is 13.2. The minimum atomic E-state index is -0.575. The molecule has 0 aliphatic carbocycles. The molecule has 5 heteroatoms. The van der Waals surface area contributed by atoms with Crippen LogP contribution < -0.4 is 10.1 Å². The number of hydrogen-bond acceptors (Lipinski definition) is 3. The van der Waals surface area contributed by atoms with Gasteiger partial charge in [0.1, 0.15) is 12.4 Å². The SMILES string of the molecule is CNC(COC)COc1cc(F)ccc1F. The van der Waals surface area contributed by atoms with E-state index in [1.807, 2.05) is 0 Å². The van der Waals surface area contributed by atoms with E-state index in [0.29, 0.717) is 6.61 Å². The van der Waals surface area contributed by atoms with Crippen LogP contribution in [0.25, 0.3) is 0 Å². The van der Waals surface area contributed by atoms with E-state index < -0.39 is 11.6 Å². The van der Waals surface area contributed by atoms with Crippen molar-refractivity contribution >= 4 is 0 Å². The number of likely N-dealkylation sites (N-methyl/N-ethyl adjacent to an activating group) is 1. The highest BCUT2D eigenvalue weighted by atomic mass is 19.1. The van der Waals surface area contributed by atoms with Gasteiger partial charge in [-0.1, -0.05) is 0 Å². The molecule has 1 N–H and O–H groups in total. The number of benzene rings is 1. The molecule has 0 saturated carbocycles. The van der Waals surface area contributed by atoms with E-state index in [1.54, 1.807) is 14.2 Å². The second-order valence-corrected chi connectivity index (χ2v) is 3.33. The van der Waals surface area contributed by atoms with Crippen LogP contribution in [0.1, 0.15) is 0 Å². The van der Waals surface area contributed by atoms with E-state index in [4.69, 9.17) is 9.47 Å². The smallest absolute Gasteiger partial charge is 0.165 e. The van der Waals surface area contributed by atoms with Gasteiger partial charge in [0.05, 0.1) is 12.6 Å². The third kappa shape index (κ3) is 3.75. The predicted molar refractivity (Wildman–Crippen MR) is 56.6 cm³/mol. The summed E-state index contributed by atoms with van der Waals surface area (Å²) in [7, 11) is 3.31. The van der Waals surface area contributed by atoms with Crippen LogP contribution >= 0.6 is 0 Å². The molecule has 0 fully saturated rings. The Morgan fingerprint density at radius 1 is 1.31 bits per heavy atom. The maximum absolute atomic E-state index is 13.2. The Hall–Kier alpha value is -1.20. The first-order valence-electron chi connectivity index (χ1n) is 4.91. The third-order valence-electron chi connectivity index (χ3n) is 2.11. The normalized spacial score (nSPS) is 12.5. The Kier molecular flexibility index (Phi) is 5.14. The first-order chi connectivity index (χ1) is 7.67. The minimum Gasteiger partial charge on any atom is -0.489 e. The van der Waals surface area contributed by atoms with E-state index in [-0.39, 0.29) is 18.4 Å². The third-order valence-corrected chi connectivity index (χ3v) is 2.11. The Bertz CT molecular complexity index is 334. The van der Waals surface area contributed by atoms with Crippen LogP contribution in [-0.2, 0) is 4.74 Å². The molecule has 1 unspecified atom stereocenters. The molecule has 1 rings (SSSR count). The van der Waals surface area contributed by atoms with Gasteiger partial charge in [-0.3, -0.25) is 0 Å². The van der Waals surface area contributed by atoms with Gasteiger partial charge in [-0.15, -0.1) is 0 Å². The largest absolute Gasteiger partial charge is 0.489 e. The van der Waals surface area contributed by atoms with Gasteiger partial charge in [0, 0.05) is 13.2 Å². The molecule has 0 amide bonds. The van der Waals surface area contributed by atoms with Crippen LogP contribution in [0.3, 0.4) is 0 Å². The minimum absolute atomic E-state index is 0.0623. The van der Waals surface area contributed by atoms with Crippen LogP contribution in [0.2, 0.25) is 0 Å². The predicted octanol–water partition coefficient (Wildman–Crippen LogP) is 1.58. The molecule has 1 aromatic carbocycles. The van der Waals surface area contributed by atoms with E-state index >= 15 is 0 Å². The fourth-order valence-electron chi connectivity index (χ4n) is 1.19. The molecule has 0 saturated heterocycles. The molecular weight excluding hydrogens is 216 g/mol. The Balaban J connectivity index is 2.55. The van der Waals surface area contributed by atoms with Gasteiger partial charge < -0.3 is 14.8 Å². The summed E-state index contributed by atoms with van der Waals surface area (Å²) in [6.45, 7) is 0.651. The van der Waals surface area contributed by atoms with E-state index in [1.165, 1.54) is 0 Å². The highest BCUT2D eigenvalue weighted by molar-refractivity contribution is 5.24. The summed E-state index contributed by atoms with van der Waals surface area (Å²) in [5.74, 6) is -1.19. The standard InChI is InChI=1S/C11H15F2NO2/c1-14-9(6-15-2)7-16-11-5-8(12)3-4-10(11)13/h3-5,9,14H,6-7H2,1-2H3. The lowest BCUT2D eigenvalue weighted by Gasteiger charge is -2.16. The average Bonchev–Trinajstić information content (AvgIpc) is 2.28. The number of hydrogen-bond donors (Lipinski definition) is 1. The van der Waals surface area contributed by atoms with Gasteiger partial charge in [-0.25, -0.2) is 8.78 Å². The molecule has 16 heavy (non-hydrogen) atoms. The van der Waals surface area contributed by atoms with Crippen LogP contribution in [0, 0.1) is 11.6 Å². The molecule has 0 bridgehead atoms. The van der Waals surface area contributed by atoms with Gasteiger partial charge in [0.15, 0.2) is 11.6 Å². The van der Waals surface area contributed by atoms with Crippen LogP contribution in [-0.4, -0.2) is 33.4 Å². The Labute approximate surface area is 93.4 Å². The average molecular weight is 231 g/mol. The lowest BCUT2D eigenvalue weighted by Crippen LogP contribution is -2.35. The molecule has 0 heterocycles. The van der Waals surface area contributed by atoms with Crippen molar-refractivity contribution < 1.29 is 18.3 Å². The van der Waals surface area contributed by atoms with Crippen LogP contribution in [0.15, 0.2) is 18.2 Å². The number of nitrogens with one attached hydrogen (secondary N) is 1. The fraction of sp³-hybridized carbons (Fsp3) is 0.455. The number of methoxy groups -OCH3 is 1. The van der Waals surface area contributed by atoms with Crippen molar-refractivity contribution in [2.24, 2.45) is 0 Å². The van der Waals surface area contributed by atoms with E-state index in [2.05, 4.69) is 5.32 Å². The van der Waals surface area contributed by atoms with Crippen molar-refractivity contribution in [3.05, 3.63) is 29.8 Å². The number of halogens is 2. The summed E-state index contributed by atoms with van der Waals surface area (Å²) in [5, 5.41) is 2.94. The van der Waals surface area contributed by atoms with Crippen LogP contribution in [0.5, 0.6) is 5.75 Å². The molecule has 0 spiro atoms. The topological polar surface area (TPSA) is 30.5 Å². The zero-order valence-electron chi connectivity index (χ0n) is 9.30. The first-order valence-corrected chi connectivity index (χ1v) is 4.91. The number of ether oxygens (including phenoxy) is 2. The summed E-state index contributed by atoms with van der Waals surface area (Å²) < 4.78 is 36.1. The number of rotatable bonds is 6. The van der Waals surface area contributed by atoms with Crippen molar-refractivity contribution in [3.8, 4) is 5.75 Å². The second kappa shape index (κ2) is 6.40. The van der Waals surface area contributed by atoms with Crippen molar-refractivity contribution in [1.82, 2.24) is 5.32 Å². The summed E-state index contributed by atoms with van der Waals surface area (Å²) in [6.07, 6.45) is 0. The van der Waals surface area contributed by atoms with Crippen LogP contribution in [0.4, 0.5) is 8.78 Å². The Morgan fingerprint density at radius 3 is 2.69 bits per heavy atom. The first kappa shape index (κ1) is 12.9. The molecule has 0 radical (unpaired) electrons. The fourth-order valence-corrected chi connectivity index (χ4v) is 1.19. The summed E-state index contributed by atoms with van der Waals surface area (Å²) in [4.78, 5) is 0. The molecule has 0 aliphatic heterocycles. The highest BCUT2D eigenvalue weighted by Crippen LogP contribution is 2.17. The van der Waals surface area contributed by atoms with E-state index in [9.17, 15) is 8.78 Å². The zero-order chi connectivity index (χ0) is 12.0. The van der Waals surface area contributed by atoms with Crippen molar-refractivity contribution in [1.29, 1.82) is 0 Å². The summed E-state index contributed by atoms with van der Waals surface area (Å²) >= 11 is 0. The molecule has 90 valence electrons. The molecule has 3 nitrogen and oxygen atoms in total. The van der Waals surface area contributed by atoms with Gasteiger partial charge >= 0.3 is 0 Å². The van der Waals surface area contributed by atoms with E-state index in [0.717, 1.165) is 18.2 Å². The van der Waals surface area contributed by atoms with Gasteiger partial charge in [0.2, 0.25) is 0 Å². The zero-order valence-corrected chi connectivity index (χ0v) is 9.30.